The maximum Gasteiger partial charge on any atom is 0.210 e. The predicted octanol–water partition coefficient (Wildman–Crippen LogP) is 0.732. The van der Waals surface area contributed by atoms with Crippen molar-refractivity contribution >= 4 is 10.0 Å². The SMILES string of the molecule is C[C@@H](CN1CCCCCC1)NCCN(C)S(C)(=O)=O. The third kappa shape index (κ3) is 7.25. The predicted molar refractivity (Wildman–Crippen MR) is 79.8 cm³/mol. The van der Waals surface area contributed by atoms with Gasteiger partial charge < -0.3 is 10.2 Å². The van der Waals surface area contributed by atoms with Crippen molar-refractivity contribution in [3.05, 3.63) is 0 Å². The summed E-state index contributed by atoms with van der Waals surface area (Å²) in [5.74, 6) is 0. The average Bonchev–Trinajstić information content (AvgIpc) is 2.56. The van der Waals surface area contributed by atoms with Crippen LogP contribution in [-0.4, -0.2) is 69.7 Å². The topological polar surface area (TPSA) is 52.6 Å². The minimum atomic E-state index is -3.05. The van der Waals surface area contributed by atoms with Crippen LogP contribution in [-0.2, 0) is 10.0 Å². The van der Waals surface area contributed by atoms with Crippen LogP contribution in [0.1, 0.15) is 32.6 Å². The van der Waals surface area contributed by atoms with Crippen LogP contribution in [0.5, 0.6) is 0 Å². The molecule has 0 radical (unpaired) electrons. The zero-order valence-corrected chi connectivity index (χ0v) is 13.4. The Morgan fingerprint density at radius 1 is 1.21 bits per heavy atom. The van der Waals surface area contributed by atoms with Gasteiger partial charge in [-0.05, 0) is 32.9 Å². The van der Waals surface area contributed by atoms with Gasteiger partial charge in [0.05, 0.1) is 6.26 Å². The van der Waals surface area contributed by atoms with Crippen molar-refractivity contribution in [1.29, 1.82) is 0 Å². The van der Waals surface area contributed by atoms with E-state index in [1.807, 2.05) is 0 Å². The van der Waals surface area contributed by atoms with Crippen LogP contribution in [0.15, 0.2) is 0 Å². The van der Waals surface area contributed by atoms with Crippen molar-refractivity contribution in [2.24, 2.45) is 0 Å². The molecule has 19 heavy (non-hydrogen) atoms. The highest BCUT2D eigenvalue weighted by Crippen LogP contribution is 2.09. The molecule has 1 aliphatic heterocycles. The quantitative estimate of drug-likeness (QED) is 0.751. The molecule has 0 amide bonds. The zero-order valence-electron chi connectivity index (χ0n) is 12.6. The maximum absolute atomic E-state index is 11.3. The fourth-order valence-corrected chi connectivity index (χ4v) is 2.83. The number of rotatable bonds is 7. The number of hydrogen-bond acceptors (Lipinski definition) is 4. The summed E-state index contributed by atoms with van der Waals surface area (Å²) in [6, 6.07) is 0.408. The van der Waals surface area contributed by atoms with E-state index in [1.54, 1.807) is 7.05 Å². The van der Waals surface area contributed by atoms with E-state index in [2.05, 4.69) is 17.1 Å². The summed E-state index contributed by atoms with van der Waals surface area (Å²) in [7, 11) is -1.43. The van der Waals surface area contributed by atoms with E-state index in [9.17, 15) is 8.42 Å². The third-order valence-corrected chi connectivity index (χ3v) is 5.03. The third-order valence-electron chi connectivity index (χ3n) is 3.72. The number of hydrogen-bond donors (Lipinski definition) is 1. The Labute approximate surface area is 118 Å². The molecule has 1 heterocycles. The van der Waals surface area contributed by atoms with E-state index >= 15 is 0 Å². The molecule has 0 saturated carbocycles. The zero-order chi connectivity index (χ0) is 14.3. The lowest BCUT2D eigenvalue weighted by Gasteiger charge is -2.25. The number of nitrogens with zero attached hydrogens (tertiary/aromatic N) is 2. The Morgan fingerprint density at radius 2 is 1.79 bits per heavy atom. The van der Waals surface area contributed by atoms with Crippen LogP contribution in [0.4, 0.5) is 0 Å². The van der Waals surface area contributed by atoms with E-state index in [0.717, 1.165) is 6.54 Å². The van der Waals surface area contributed by atoms with Gasteiger partial charge in [0.2, 0.25) is 10.0 Å². The van der Waals surface area contributed by atoms with Crippen LogP contribution in [0.25, 0.3) is 0 Å². The number of sulfonamides is 1. The lowest BCUT2D eigenvalue weighted by atomic mass is 10.2. The Bertz CT molecular complexity index is 338. The highest BCUT2D eigenvalue weighted by atomic mass is 32.2. The number of likely N-dealkylation sites (N-methyl/N-ethyl adjacent to an activating group) is 1. The summed E-state index contributed by atoms with van der Waals surface area (Å²) in [5.41, 5.74) is 0. The number of likely N-dealkylation sites (tertiary alicyclic amines) is 1. The van der Waals surface area contributed by atoms with E-state index in [-0.39, 0.29) is 0 Å². The summed E-state index contributed by atoms with van der Waals surface area (Å²) < 4.78 is 23.9. The molecule has 0 aromatic carbocycles. The first-order chi connectivity index (χ1) is 8.89. The monoisotopic (exact) mass is 291 g/mol. The molecule has 114 valence electrons. The van der Waals surface area contributed by atoms with Gasteiger partial charge in [-0.2, -0.15) is 0 Å². The Hall–Kier alpha value is -0.170. The minimum absolute atomic E-state index is 0.408. The summed E-state index contributed by atoms with van der Waals surface area (Å²) in [6.45, 7) is 6.88. The van der Waals surface area contributed by atoms with Crippen LogP contribution in [0, 0.1) is 0 Å². The van der Waals surface area contributed by atoms with Gasteiger partial charge in [-0.25, -0.2) is 12.7 Å². The van der Waals surface area contributed by atoms with Gasteiger partial charge in [0.15, 0.2) is 0 Å². The van der Waals surface area contributed by atoms with E-state index in [0.29, 0.717) is 19.1 Å². The largest absolute Gasteiger partial charge is 0.312 e. The van der Waals surface area contributed by atoms with E-state index in [1.165, 1.54) is 49.3 Å². The molecule has 0 spiro atoms. The lowest BCUT2D eigenvalue weighted by Crippen LogP contribution is -2.42. The van der Waals surface area contributed by atoms with Crippen molar-refractivity contribution in [2.75, 3.05) is 46.0 Å². The van der Waals surface area contributed by atoms with Crippen molar-refractivity contribution < 1.29 is 8.42 Å². The van der Waals surface area contributed by atoms with Crippen molar-refractivity contribution in [3.63, 3.8) is 0 Å². The Kier molecular flexibility index (Phi) is 7.28. The molecule has 0 aromatic rings. The molecule has 0 bridgehead atoms. The molecule has 1 saturated heterocycles. The molecular formula is C13H29N3O2S. The molecule has 5 nitrogen and oxygen atoms in total. The molecule has 0 aromatic heterocycles. The smallest absolute Gasteiger partial charge is 0.210 e. The van der Waals surface area contributed by atoms with Gasteiger partial charge in [0.25, 0.3) is 0 Å². The summed E-state index contributed by atoms with van der Waals surface area (Å²) in [4.78, 5) is 2.52. The first-order valence-electron chi connectivity index (χ1n) is 7.26. The molecule has 6 heteroatoms. The fourth-order valence-electron chi connectivity index (χ4n) is 2.40. The molecular weight excluding hydrogens is 262 g/mol. The molecule has 1 rings (SSSR count). The highest BCUT2D eigenvalue weighted by molar-refractivity contribution is 7.88. The van der Waals surface area contributed by atoms with Crippen LogP contribution in [0.3, 0.4) is 0 Å². The Morgan fingerprint density at radius 3 is 2.32 bits per heavy atom. The highest BCUT2D eigenvalue weighted by Gasteiger charge is 2.13. The van der Waals surface area contributed by atoms with Crippen molar-refractivity contribution in [2.45, 2.75) is 38.6 Å². The van der Waals surface area contributed by atoms with Crippen LogP contribution >= 0.6 is 0 Å². The van der Waals surface area contributed by atoms with Gasteiger partial charge in [-0.15, -0.1) is 0 Å². The average molecular weight is 291 g/mol. The standard InChI is InChI=1S/C13H29N3O2S/c1-13(12-16-9-6-4-5-7-10-16)14-8-11-15(2)19(3,17)18/h13-14H,4-12H2,1-3H3/t13-/m0/s1. The first-order valence-corrected chi connectivity index (χ1v) is 9.11. The second-order valence-electron chi connectivity index (χ2n) is 5.65. The molecule has 1 atom stereocenters. The first kappa shape index (κ1) is 16.9. The maximum atomic E-state index is 11.3. The normalized spacial score (nSPS) is 20.4. The molecule has 1 N–H and O–H groups in total. The Balaban J connectivity index is 2.18. The molecule has 1 fully saturated rings. The second kappa shape index (κ2) is 8.19. The van der Waals surface area contributed by atoms with E-state index in [4.69, 9.17) is 0 Å². The lowest BCUT2D eigenvalue weighted by molar-refractivity contribution is 0.255. The minimum Gasteiger partial charge on any atom is -0.312 e. The summed E-state index contributed by atoms with van der Waals surface area (Å²) in [5, 5.41) is 3.41. The second-order valence-corrected chi connectivity index (χ2v) is 7.74. The van der Waals surface area contributed by atoms with E-state index < -0.39 is 10.0 Å². The van der Waals surface area contributed by atoms with Gasteiger partial charge in [0.1, 0.15) is 0 Å². The number of nitrogens with one attached hydrogen (secondary N) is 1. The van der Waals surface area contributed by atoms with Gasteiger partial charge in [-0.1, -0.05) is 12.8 Å². The van der Waals surface area contributed by atoms with Gasteiger partial charge in [-0.3, -0.25) is 0 Å². The summed E-state index contributed by atoms with van der Waals surface area (Å²) in [6.07, 6.45) is 6.58. The molecule has 0 unspecified atom stereocenters. The van der Waals surface area contributed by atoms with Gasteiger partial charge in [0, 0.05) is 32.7 Å². The van der Waals surface area contributed by atoms with Crippen molar-refractivity contribution in [3.8, 4) is 0 Å². The van der Waals surface area contributed by atoms with Crippen LogP contribution < -0.4 is 5.32 Å². The van der Waals surface area contributed by atoms with Crippen LogP contribution in [0.2, 0.25) is 0 Å². The molecule has 1 aliphatic rings. The van der Waals surface area contributed by atoms with Gasteiger partial charge >= 0.3 is 0 Å². The molecule has 0 aliphatic carbocycles. The van der Waals surface area contributed by atoms with Crippen molar-refractivity contribution in [1.82, 2.24) is 14.5 Å². The summed E-state index contributed by atoms with van der Waals surface area (Å²) >= 11 is 0. The fraction of sp³-hybridized carbons (Fsp3) is 1.00.